The van der Waals surface area contributed by atoms with Gasteiger partial charge in [-0.15, -0.1) is 0 Å². The minimum atomic E-state index is 0.0176. The van der Waals surface area contributed by atoms with Gasteiger partial charge in [-0.05, 0) is 24.3 Å². The maximum absolute atomic E-state index is 9.76. The van der Waals surface area contributed by atoms with Gasteiger partial charge in [0.05, 0.1) is 5.56 Å². The van der Waals surface area contributed by atoms with Gasteiger partial charge in [0, 0.05) is 12.3 Å². The van der Waals surface area contributed by atoms with Crippen LogP contribution in [0, 0.1) is 0 Å². The Balaban J connectivity index is 2.20. The monoisotopic (exact) mass is 244 g/mol. The quantitative estimate of drug-likeness (QED) is 0.690. The predicted molar refractivity (Wildman–Crippen MR) is 66.2 cm³/mol. The van der Waals surface area contributed by atoms with Crippen LogP contribution in [0.1, 0.15) is 0 Å². The third kappa shape index (κ3) is 1.70. The summed E-state index contributed by atoms with van der Waals surface area (Å²) in [5, 5.41) is 19.7. The van der Waals surface area contributed by atoms with Gasteiger partial charge in [-0.1, -0.05) is 11.3 Å². The largest absolute Gasteiger partial charge is 0.508 e. The molecular weight excluding hydrogens is 236 g/mol. The van der Waals surface area contributed by atoms with Crippen LogP contribution >= 0.6 is 11.3 Å². The van der Waals surface area contributed by atoms with Crippen LogP contribution < -0.4 is 0 Å². The number of nitrogens with zero attached hydrogens (tertiary/aromatic N) is 2. The molecule has 0 unspecified atom stereocenters. The normalized spacial score (nSPS) is 10.8. The Labute approximate surface area is 101 Å². The van der Waals surface area contributed by atoms with Crippen LogP contribution in [0.2, 0.25) is 0 Å². The molecule has 0 radical (unpaired) electrons. The Morgan fingerprint density at radius 1 is 1.12 bits per heavy atom. The van der Waals surface area contributed by atoms with Crippen molar-refractivity contribution in [2.24, 2.45) is 0 Å². The van der Waals surface area contributed by atoms with E-state index in [2.05, 4.69) is 9.97 Å². The van der Waals surface area contributed by atoms with Gasteiger partial charge in [0.25, 0.3) is 0 Å². The van der Waals surface area contributed by atoms with Crippen molar-refractivity contribution < 1.29 is 10.2 Å². The van der Waals surface area contributed by atoms with E-state index in [0.29, 0.717) is 10.6 Å². The smallest absolute Gasteiger partial charge is 0.143 e. The summed E-state index contributed by atoms with van der Waals surface area (Å²) >= 11 is 1.41. The number of pyridine rings is 1. The average Bonchev–Trinajstić information content (AvgIpc) is 2.72. The van der Waals surface area contributed by atoms with E-state index >= 15 is 0 Å². The summed E-state index contributed by atoms with van der Waals surface area (Å²) in [6.07, 6.45) is 1.71. The number of rotatable bonds is 1. The molecule has 5 heteroatoms. The molecule has 0 saturated heterocycles. The molecule has 0 aliphatic carbocycles. The molecule has 4 nitrogen and oxygen atoms in total. The van der Waals surface area contributed by atoms with Crippen LogP contribution in [0.4, 0.5) is 0 Å². The van der Waals surface area contributed by atoms with Gasteiger partial charge >= 0.3 is 0 Å². The summed E-state index contributed by atoms with van der Waals surface area (Å²) in [4.78, 5) is 9.42. The first-order valence-electron chi connectivity index (χ1n) is 4.98. The molecule has 0 bridgehead atoms. The number of hydrogen-bond donors (Lipinski definition) is 2. The van der Waals surface area contributed by atoms with Crippen molar-refractivity contribution in [2.45, 2.75) is 0 Å². The lowest BCUT2D eigenvalue weighted by Gasteiger charge is -2.00. The second kappa shape index (κ2) is 3.71. The molecule has 84 valence electrons. The molecule has 2 aromatic heterocycles. The van der Waals surface area contributed by atoms with Crippen molar-refractivity contribution in [3.05, 3.63) is 36.5 Å². The lowest BCUT2D eigenvalue weighted by Crippen LogP contribution is -1.77. The zero-order chi connectivity index (χ0) is 11.8. The molecule has 0 amide bonds. The first kappa shape index (κ1) is 10.0. The van der Waals surface area contributed by atoms with E-state index in [9.17, 15) is 10.2 Å². The third-order valence-electron chi connectivity index (χ3n) is 2.38. The van der Waals surface area contributed by atoms with Crippen LogP contribution in [0.5, 0.6) is 11.5 Å². The SMILES string of the molecule is Oc1ccc(-c2nc3cccnc3s2)c(O)c1. The summed E-state index contributed by atoms with van der Waals surface area (Å²) in [6, 6.07) is 8.16. The molecule has 3 aromatic rings. The first-order valence-corrected chi connectivity index (χ1v) is 5.79. The summed E-state index contributed by atoms with van der Waals surface area (Å²) in [6.45, 7) is 0. The van der Waals surface area contributed by atoms with Crippen molar-refractivity contribution in [3.8, 4) is 22.1 Å². The van der Waals surface area contributed by atoms with E-state index in [-0.39, 0.29) is 11.5 Å². The predicted octanol–water partition coefficient (Wildman–Crippen LogP) is 2.77. The van der Waals surface area contributed by atoms with Crippen molar-refractivity contribution in [3.63, 3.8) is 0 Å². The number of phenols is 2. The van der Waals surface area contributed by atoms with E-state index in [1.807, 2.05) is 12.1 Å². The highest BCUT2D eigenvalue weighted by atomic mass is 32.1. The van der Waals surface area contributed by atoms with E-state index in [1.165, 1.54) is 23.5 Å². The molecular formula is C12H8N2O2S. The molecule has 0 fully saturated rings. The van der Waals surface area contributed by atoms with Gasteiger partial charge in [-0.3, -0.25) is 0 Å². The highest BCUT2D eigenvalue weighted by Gasteiger charge is 2.10. The van der Waals surface area contributed by atoms with Crippen LogP contribution in [-0.2, 0) is 0 Å². The molecule has 0 atom stereocenters. The Morgan fingerprint density at radius 3 is 2.76 bits per heavy atom. The van der Waals surface area contributed by atoms with E-state index < -0.39 is 0 Å². The molecule has 0 saturated carbocycles. The summed E-state index contributed by atoms with van der Waals surface area (Å²) in [5.41, 5.74) is 1.41. The van der Waals surface area contributed by atoms with E-state index in [0.717, 1.165) is 10.3 Å². The lowest BCUT2D eigenvalue weighted by atomic mass is 10.2. The van der Waals surface area contributed by atoms with Crippen LogP contribution in [-0.4, -0.2) is 20.2 Å². The number of hydrogen-bond acceptors (Lipinski definition) is 5. The Kier molecular flexibility index (Phi) is 2.19. The average molecular weight is 244 g/mol. The molecule has 2 N–H and O–H groups in total. The van der Waals surface area contributed by atoms with Gasteiger partial charge in [0.15, 0.2) is 0 Å². The van der Waals surface area contributed by atoms with Gasteiger partial charge in [0.1, 0.15) is 26.9 Å². The number of phenolic OH excluding ortho intramolecular Hbond substituents is 2. The standard InChI is InChI=1S/C12H8N2O2S/c15-7-3-4-8(10(16)6-7)11-14-9-2-1-5-13-12(9)17-11/h1-6,15-16H. The Hall–Kier alpha value is -2.14. The van der Waals surface area contributed by atoms with Crippen LogP contribution in [0.15, 0.2) is 36.5 Å². The maximum Gasteiger partial charge on any atom is 0.143 e. The Bertz CT molecular complexity index is 661. The van der Waals surface area contributed by atoms with Gasteiger partial charge < -0.3 is 10.2 Å². The van der Waals surface area contributed by atoms with Crippen LogP contribution in [0.25, 0.3) is 20.9 Å². The van der Waals surface area contributed by atoms with Crippen molar-refractivity contribution >= 4 is 21.7 Å². The lowest BCUT2D eigenvalue weighted by molar-refractivity contribution is 0.452. The fourth-order valence-electron chi connectivity index (χ4n) is 1.59. The minimum absolute atomic E-state index is 0.0176. The van der Waals surface area contributed by atoms with Gasteiger partial charge in [0.2, 0.25) is 0 Å². The number of benzene rings is 1. The van der Waals surface area contributed by atoms with Gasteiger partial charge in [-0.2, -0.15) is 0 Å². The van der Waals surface area contributed by atoms with Crippen molar-refractivity contribution in [1.82, 2.24) is 9.97 Å². The van der Waals surface area contributed by atoms with Crippen molar-refractivity contribution in [2.75, 3.05) is 0 Å². The number of aromatic nitrogens is 2. The fraction of sp³-hybridized carbons (Fsp3) is 0. The first-order chi connectivity index (χ1) is 8.24. The fourth-order valence-corrected chi connectivity index (χ4v) is 2.53. The molecule has 0 aliphatic rings. The summed E-state index contributed by atoms with van der Waals surface area (Å²) < 4.78 is 0. The molecule has 1 aromatic carbocycles. The molecule has 17 heavy (non-hydrogen) atoms. The molecule has 0 aliphatic heterocycles. The molecule has 0 spiro atoms. The topological polar surface area (TPSA) is 66.2 Å². The number of aromatic hydroxyl groups is 2. The second-order valence-corrected chi connectivity index (χ2v) is 4.53. The zero-order valence-corrected chi connectivity index (χ0v) is 9.48. The highest BCUT2D eigenvalue weighted by Crippen LogP contribution is 2.35. The summed E-state index contributed by atoms with van der Waals surface area (Å²) in [5.74, 6) is 0.0505. The number of fused-ring (bicyclic) bond motifs is 1. The summed E-state index contributed by atoms with van der Waals surface area (Å²) in [7, 11) is 0. The molecule has 2 heterocycles. The second-order valence-electron chi connectivity index (χ2n) is 3.55. The maximum atomic E-state index is 9.76. The Morgan fingerprint density at radius 2 is 2.00 bits per heavy atom. The van der Waals surface area contributed by atoms with Crippen molar-refractivity contribution in [1.29, 1.82) is 0 Å². The third-order valence-corrected chi connectivity index (χ3v) is 3.39. The van der Waals surface area contributed by atoms with E-state index in [1.54, 1.807) is 12.3 Å². The van der Waals surface area contributed by atoms with Gasteiger partial charge in [-0.25, -0.2) is 9.97 Å². The minimum Gasteiger partial charge on any atom is -0.508 e. The van der Waals surface area contributed by atoms with Crippen LogP contribution in [0.3, 0.4) is 0 Å². The zero-order valence-electron chi connectivity index (χ0n) is 8.66. The molecule has 3 rings (SSSR count). The van der Waals surface area contributed by atoms with E-state index in [4.69, 9.17) is 0 Å². The highest BCUT2D eigenvalue weighted by molar-refractivity contribution is 7.21. The number of thiazole rings is 1.